The number of benzene rings is 2. The summed E-state index contributed by atoms with van der Waals surface area (Å²) in [5, 5.41) is 22.0. The number of nitrogens with one attached hydrogen (secondary N) is 1. The predicted molar refractivity (Wildman–Crippen MR) is 124 cm³/mol. The number of carbonyl (C=O) groups is 2. The van der Waals surface area contributed by atoms with Crippen LogP contribution in [-0.2, 0) is 16.1 Å². The number of halogens is 2. The molecule has 1 aliphatic rings. The highest BCUT2D eigenvalue weighted by Gasteiger charge is 2.32. The maximum atomic E-state index is 14.9. The predicted octanol–water partition coefficient (Wildman–Crippen LogP) is 2.20. The third-order valence-electron chi connectivity index (χ3n) is 5.52. The first-order chi connectivity index (χ1) is 16.2. The molecule has 3 N–H and O–H groups in total. The van der Waals surface area contributed by atoms with E-state index in [4.69, 9.17) is 4.74 Å². The van der Waals surface area contributed by atoms with Gasteiger partial charge in [0.1, 0.15) is 18.6 Å². The molecule has 1 fully saturated rings. The molecule has 0 aromatic heterocycles. The van der Waals surface area contributed by atoms with Crippen LogP contribution in [0.2, 0.25) is 6.82 Å². The Labute approximate surface area is 197 Å². The van der Waals surface area contributed by atoms with E-state index >= 15 is 0 Å². The van der Waals surface area contributed by atoms with Gasteiger partial charge in [0.2, 0.25) is 5.91 Å². The molecule has 1 heterocycles. The van der Waals surface area contributed by atoms with E-state index in [1.165, 1.54) is 29.5 Å². The summed E-state index contributed by atoms with van der Waals surface area (Å²) < 4.78 is 32.8. The van der Waals surface area contributed by atoms with Crippen LogP contribution >= 0.6 is 0 Å². The lowest BCUT2D eigenvalue weighted by molar-refractivity contribution is -0.119. The van der Waals surface area contributed by atoms with Crippen molar-refractivity contribution >= 4 is 24.7 Å². The van der Waals surface area contributed by atoms with E-state index in [1.54, 1.807) is 36.4 Å². The summed E-state index contributed by atoms with van der Waals surface area (Å²) in [7, 11) is -0.874. The topological polar surface area (TPSA) is 102 Å². The Hall–Kier alpha value is -3.02. The largest absolute Gasteiger partial charge is 0.442 e. The number of rotatable bonds is 10. The average Bonchev–Trinajstić information content (AvgIpc) is 3.18. The summed E-state index contributed by atoms with van der Waals surface area (Å²) in [6.07, 6.45) is -2.30. The van der Waals surface area contributed by atoms with E-state index in [0.29, 0.717) is 16.8 Å². The number of ether oxygens (including phenoxy) is 1. The first kappa shape index (κ1) is 25.6. The van der Waals surface area contributed by atoms with Gasteiger partial charge in [0.05, 0.1) is 24.9 Å². The summed E-state index contributed by atoms with van der Waals surface area (Å²) in [6, 6.07) is 11.5. The molecule has 2 aromatic carbocycles. The quantitative estimate of drug-likeness (QED) is 0.456. The normalized spacial score (nSPS) is 16.5. The van der Waals surface area contributed by atoms with Crippen LogP contribution in [0, 0.1) is 5.82 Å². The van der Waals surface area contributed by atoms with Gasteiger partial charge in [-0.05, 0) is 36.1 Å². The van der Waals surface area contributed by atoms with Gasteiger partial charge in [-0.15, -0.1) is 0 Å². The lowest BCUT2D eigenvalue weighted by Crippen LogP contribution is -2.42. The lowest BCUT2D eigenvalue weighted by Gasteiger charge is -2.25. The fourth-order valence-corrected chi connectivity index (χ4v) is 3.70. The van der Waals surface area contributed by atoms with Crippen LogP contribution in [0.15, 0.2) is 42.5 Å². The number of cyclic esters (lactones) is 1. The van der Waals surface area contributed by atoms with Gasteiger partial charge in [-0.25, -0.2) is 13.6 Å². The van der Waals surface area contributed by atoms with Crippen molar-refractivity contribution < 1.29 is 33.2 Å². The molecule has 2 aromatic rings. The van der Waals surface area contributed by atoms with E-state index < -0.39 is 37.8 Å². The van der Waals surface area contributed by atoms with Gasteiger partial charge in [0, 0.05) is 25.6 Å². The number of amides is 2. The number of carbonyl (C=O) groups excluding carboxylic acids is 2. The Morgan fingerprint density at radius 3 is 2.62 bits per heavy atom. The molecule has 8 nitrogen and oxygen atoms in total. The average molecular weight is 475 g/mol. The van der Waals surface area contributed by atoms with Crippen LogP contribution < -0.4 is 10.2 Å². The molecule has 11 heteroatoms. The molecular formula is C23H28BF2N3O5. The fraction of sp³-hybridized carbons (Fsp3) is 0.391. The van der Waals surface area contributed by atoms with Gasteiger partial charge >= 0.3 is 13.1 Å². The van der Waals surface area contributed by atoms with Gasteiger partial charge in [-0.3, -0.25) is 9.69 Å². The molecule has 34 heavy (non-hydrogen) atoms. The standard InChI is InChI=1S/C23H28BF2N3O5/c1-15(30)27-11-20-14-29(23(32)34-20)18-7-8-21(22(26)9-18)17-5-3-16(4-6-17)12-28(24(2)33)13-19(31)10-25/h3-9,19-20,31,33H,10-14H2,1-2H3,(H,27,30)/t19?,20-/m0/s1. The van der Waals surface area contributed by atoms with Crippen molar-refractivity contribution in [2.75, 3.05) is 31.2 Å². The van der Waals surface area contributed by atoms with Crippen molar-refractivity contribution in [1.82, 2.24) is 10.1 Å². The zero-order chi connectivity index (χ0) is 24.8. The third kappa shape index (κ3) is 6.52. The van der Waals surface area contributed by atoms with Crippen LogP contribution in [-0.4, -0.2) is 72.5 Å². The molecule has 1 aliphatic heterocycles. The minimum Gasteiger partial charge on any atom is -0.442 e. The maximum Gasteiger partial charge on any atom is 0.414 e. The monoisotopic (exact) mass is 475 g/mol. The zero-order valence-electron chi connectivity index (χ0n) is 19.1. The van der Waals surface area contributed by atoms with Gasteiger partial charge in [-0.2, -0.15) is 0 Å². The number of hydrogen-bond acceptors (Lipinski definition) is 6. The molecule has 0 radical (unpaired) electrons. The van der Waals surface area contributed by atoms with Gasteiger partial charge < -0.3 is 25.0 Å². The van der Waals surface area contributed by atoms with E-state index in [-0.39, 0.29) is 32.1 Å². The van der Waals surface area contributed by atoms with Crippen molar-refractivity contribution in [3.63, 3.8) is 0 Å². The number of alkyl halides is 1. The highest BCUT2D eigenvalue weighted by molar-refractivity contribution is 6.45. The molecule has 0 saturated carbocycles. The van der Waals surface area contributed by atoms with Crippen LogP contribution in [0.25, 0.3) is 11.1 Å². The second-order valence-electron chi connectivity index (χ2n) is 8.28. The molecule has 2 atom stereocenters. The second-order valence-corrected chi connectivity index (χ2v) is 8.28. The highest BCUT2D eigenvalue weighted by atomic mass is 19.1. The van der Waals surface area contributed by atoms with Gasteiger partial charge in [0.15, 0.2) is 0 Å². The Morgan fingerprint density at radius 1 is 1.32 bits per heavy atom. The van der Waals surface area contributed by atoms with E-state index in [1.807, 2.05) is 0 Å². The molecule has 3 rings (SSSR count). The molecule has 2 amide bonds. The number of aliphatic hydroxyl groups is 1. The second kappa shape index (κ2) is 11.4. The molecule has 0 spiro atoms. The highest BCUT2D eigenvalue weighted by Crippen LogP contribution is 2.29. The summed E-state index contributed by atoms with van der Waals surface area (Å²) in [5.41, 5.74) is 2.12. The molecule has 0 bridgehead atoms. The van der Waals surface area contributed by atoms with Gasteiger partial charge in [-0.1, -0.05) is 24.3 Å². The molecule has 0 aliphatic carbocycles. The maximum absolute atomic E-state index is 14.9. The lowest BCUT2D eigenvalue weighted by atomic mass is 9.84. The van der Waals surface area contributed by atoms with Crippen LogP contribution in [0.5, 0.6) is 0 Å². The minimum atomic E-state index is -1.19. The van der Waals surface area contributed by atoms with Gasteiger partial charge in [0.25, 0.3) is 0 Å². The first-order valence-corrected chi connectivity index (χ1v) is 11.0. The number of anilines is 1. The van der Waals surface area contributed by atoms with Crippen molar-refractivity contribution in [2.45, 2.75) is 32.5 Å². The Morgan fingerprint density at radius 2 is 2.03 bits per heavy atom. The number of aliphatic hydroxyl groups excluding tert-OH is 1. The zero-order valence-corrected chi connectivity index (χ0v) is 19.1. The molecule has 182 valence electrons. The van der Waals surface area contributed by atoms with Crippen LogP contribution in [0.1, 0.15) is 12.5 Å². The smallest absolute Gasteiger partial charge is 0.414 e. The fourth-order valence-electron chi connectivity index (χ4n) is 3.70. The summed E-state index contributed by atoms with van der Waals surface area (Å²) >= 11 is 0. The summed E-state index contributed by atoms with van der Waals surface area (Å²) in [6.45, 7) is 2.66. The van der Waals surface area contributed by atoms with Crippen LogP contribution in [0.3, 0.4) is 0 Å². The Balaban J connectivity index is 1.69. The Kier molecular flexibility index (Phi) is 8.59. The molecular weight excluding hydrogens is 447 g/mol. The molecule has 1 unspecified atom stereocenters. The first-order valence-electron chi connectivity index (χ1n) is 11.0. The van der Waals surface area contributed by atoms with E-state index in [9.17, 15) is 28.5 Å². The third-order valence-corrected chi connectivity index (χ3v) is 5.52. The van der Waals surface area contributed by atoms with Crippen molar-refractivity contribution in [1.29, 1.82) is 0 Å². The van der Waals surface area contributed by atoms with Crippen molar-refractivity contribution in [3.05, 3.63) is 53.8 Å². The SMILES string of the molecule is CB(O)N(Cc1ccc(-c2ccc(N3C[C@H](CNC(C)=O)OC3=O)cc2F)cc1)CC(O)CF. The summed E-state index contributed by atoms with van der Waals surface area (Å²) in [4.78, 5) is 26.1. The molecule has 1 saturated heterocycles. The van der Waals surface area contributed by atoms with Crippen LogP contribution in [0.4, 0.5) is 19.3 Å². The number of hydrogen-bond donors (Lipinski definition) is 3. The van der Waals surface area contributed by atoms with Crippen molar-refractivity contribution in [2.24, 2.45) is 0 Å². The van der Waals surface area contributed by atoms with Crippen molar-refractivity contribution in [3.8, 4) is 11.1 Å². The van der Waals surface area contributed by atoms with E-state index in [0.717, 1.165) is 5.56 Å². The summed E-state index contributed by atoms with van der Waals surface area (Å²) in [5.74, 6) is -0.744. The minimum absolute atomic E-state index is 0.0172. The number of nitrogens with zero attached hydrogens (tertiary/aromatic N) is 2. The Bertz CT molecular complexity index is 1010. The van der Waals surface area contributed by atoms with E-state index in [2.05, 4.69) is 5.32 Å².